The van der Waals surface area contributed by atoms with E-state index in [1.807, 2.05) is 0 Å². The number of aliphatic hydroxyl groups is 1. The lowest BCUT2D eigenvalue weighted by molar-refractivity contribution is 0.183. The van der Waals surface area contributed by atoms with Crippen LogP contribution in [0.1, 0.15) is 43.7 Å². The number of hydrogen-bond acceptors (Lipinski definition) is 2. The van der Waals surface area contributed by atoms with Crippen LogP contribution in [0.2, 0.25) is 0 Å². The highest BCUT2D eigenvalue weighted by molar-refractivity contribution is 5.73. The molecule has 0 bridgehead atoms. The highest BCUT2D eigenvalue weighted by Crippen LogP contribution is 2.59. The zero-order chi connectivity index (χ0) is 15.6. The largest absolute Gasteiger partial charge is 0.393 e. The maximum absolute atomic E-state index is 11.8. The molecular formula is C18H26N2O2. The third-order valence-corrected chi connectivity index (χ3v) is 5.21. The van der Waals surface area contributed by atoms with Gasteiger partial charge in [0.2, 0.25) is 0 Å². The van der Waals surface area contributed by atoms with Gasteiger partial charge in [-0.15, -0.1) is 0 Å². The van der Waals surface area contributed by atoms with Crippen molar-refractivity contribution >= 4 is 6.03 Å². The van der Waals surface area contributed by atoms with Gasteiger partial charge in [0.1, 0.15) is 0 Å². The molecule has 4 heteroatoms. The highest BCUT2D eigenvalue weighted by atomic mass is 16.3. The molecule has 22 heavy (non-hydrogen) atoms. The summed E-state index contributed by atoms with van der Waals surface area (Å²) in [5, 5.41) is 15.0. The van der Waals surface area contributed by atoms with Gasteiger partial charge < -0.3 is 15.7 Å². The monoisotopic (exact) mass is 302 g/mol. The van der Waals surface area contributed by atoms with Crippen LogP contribution >= 0.6 is 0 Å². The van der Waals surface area contributed by atoms with E-state index in [2.05, 4.69) is 34.9 Å². The van der Waals surface area contributed by atoms with E-state index in [1.54, 1.807) is 6.92 Å². The number of fused-ring (bicyclic) bond motifs is 2. The lowest BCUT2D eigenvalue weighted by Gasteiger charge is -2.26. The number of aliphatic hydroxyl groups excluding tert-OH is 1. The molecule has 3 N–H and O–H groups in total. The number of aryl methyl sites for hydroxylation is 1. The summed E-state index contributed by atoms with van der Waals surface area (Å²) in [4.78, 5) is 11.8. The number of benzene rings is 1. The summed E-state index contributed by atoms with van der Waals surface area (Å²) < 4.78 is 0. The number of carbonyl (C=O) groups excluding carboxylic acids is 1. The Morgan fingerprint density at radius 2 is 2.23 bits per heavy atom. The van der Waals surface area contributed by atoms with Crippen LogP contribution in [0.15, 0.2) is 24.3 Å². The molecule has 3 atom stereocenters. The second kappa shape index (κ2) is 6.29. The molecular weight excluding hydrogens is 276 g/mol. The number of urea groups is 1. The van der Waals surface area contributed by atoms with Gasteiger partial charge in [-0.1, -0.05) is 24.3 Å². The SMILES string of the molecule is CC(O)CCNC(=O)NCC1CC12CCCc1ccccc12. The number of carbonyl (C=O) groups is 1. The second-order valence-corrected chi connectivity index (χ2v) is 6.84. The summed E-state index contributed by atoms with van der Waals surface area (Å²) >= 11 is 0. The summed E-state index contributed by atoms with van der Waals surface area (Å²) in [5.74, 6) is 0.566. The maximum atomic E-state index is 11.8. The third kappa shape index (κ3) is 3.12. The topological polar surface area (TPSA) is 61.4 Å². The van der Waals surface area contributed by atoms with Crippen molar-refractivity contribution in [1.82, 2.24) is 10.6 Å². The Labute approximate surface area is 132 Å². The van der Waals surface area contributed by atoms with Crippen molar-refractivity contribution in [3.05, 3.63) is 35.4 Å². The fourth-order valence-electron chi connectivity index (χ4n) is 3.91. The van der Waals surface area contributed by atoms with Gasteiger partial charge in [0, 0.05) is 18.5 Å². The van der Waals surface area contributed by atoms with E-state index >= 15 is 0 Å². The molecule has 2 amide bonds. The van der Waals surface area contributed by atoms with Crippen LogP contribution in [0, 0.1) is 5.92 Å². The summed E-state index contributed by atoms with van der Waals surface area (Å²) in [5.41, 5.74) is 3.34. The second-order valence-electron chi connectivity index (χ2n) is 6.84. The summed E-state index contributed by atoms with van der Waals surface area (Å²) in [7, 11) is 0. The van der Waals surface area contributed by atoms with E-state index in [9.17, 15) is 9.90 Å². The van der Waals surface area contributed by atoms with Crippen LogP contribution in [0.25, 0.3) is 0 Å². The zero-order valence-electron chi connectivity index (χ0n) is 13.3. The maximum Gasteiger partial charge on any atom is 0.314 e. The van der Waals surface area contributed by atoms with E-state index in [0.29, 0.717) is 24.3 Å². The van der Waals surface area contributed by atoms with Crippen molar-refractivity contribution < 1.29 is 9.90 Å². The number of amides is 2. The molecule has 0 aliphatic heterocycles. The quantitative estimate of drug-likeness (QED) is 0.782. The van der Waals surface area contributed by atoms with Gasteiger partial charge in [0.05, 0.1) is 6.10 Å². The van der Waals surface area contributed by atoms with Gasteiger partial charge in [0.25, 0.3) is 0 Å². The minimum Gasteiger partial charge on any atom is -0.393 e. The number of nitrogens with one attached hydrogen (secondary N) is 2. The van der Waals surface area contributed by atoms with E-state index in [4.69, 9.17) is 0 Å². The molecule has 1 fully saturated rings. The predicted octanol–water partition coefficient (Wildman–Crippen LogP) is 2.35. The van der Waals surface area contributed by atoms with Crippen LogP contribution in [-0.2, 0) is 11.8 Å². The Morgan fingerprint density at radius 1 is 1.41 bits per heavy atom. The van der Waals surface area contributed by atoms with Gasteiger partial charge in [-0.2, -0.15) is 0 Å². The minimum absolute atomic E-state index is 0.119. The molecule has 1 saturated carbocycles. The van der Waals surface area contributed by atoms with Gasteiger partial charge in [-0.25, -0.2) is 4.79 Å². The van der Waals surface area contributed by atoms with Crippen molar-refractivity contribution in [2.45, 2.75) is 50.5 Å². The van der Waals surface area contributed by atoms with Crippen molar-refractivity contribution in [3.8, 4) is 0 Å². The van der Waals surface area contributed by atoms with Gasteiger partial charge in [-0.05, 0) is 56.1 Å². The molecule has 2 aliphatic carbocycles. The fraction of sp³-hybridized carbons (Fsp3) is 0.611. The van der Waals surface area contributed by atoms with Crippen LogP contribution in [-0.4, -0.2) is 30.3 Å². The van der Waals surface area contributed by atoms with E-state index in [0.717, 1.165) is 6.54 Å². The first kappa shape index (κ1) is 15.3. The normalized spacial score (nSPS) is 27.1. The molecule has 0 heterocycles. The Morgan fingerprint density at radius 3 is 3.05 bits per heavy atom. The average molecular weight is 302 g/mol. The molecule has 4 nitrogen and oxygen atoms in total. The first-order valence-corrected chi connectivity index (χ1v) is 8.40. The molecule has 0 aromatic heterocycles. The number of hydrogen-bond donors (Lipinski definition) is 3. The molecule has 0 radical (unpaired) electrons. The van der Waals surface area contributed by atoms with Gasteiger partial charge in [0.15, 0.2) is 0 Å². The van der Waals surface area contributed by atoms with Crippen molar-refractivity contribution in [3.63, 3.8) is 0 Å². The Hall–Kier alpha value is -1.55. The van der Waals surface area contributed by atoms with E-state index in [1.165, 1.54) is 36.8 Å². The Kier molecular flexibility index (Phi) is 4.39. The van der Waals surface area contributed by atoms with Crippen LogP contribution in [0.3, 0.4) is 0 Å². The van der Waals surface area contributed by atoms with Crippen LogP contribution < -0.4 is 10.6 Å². The van der Waals surface area contributed by atoms with Crippen molar-refractivity contribution in [2.24, 2.45) is 5.92 Å². The molecule has 1 aromatic rings. The summed E-state index contributed by atoms with van der Waals surface area (Å²) in [6.45, 7) is 2.99. The Bertz CT molecular complexity index is 544. The van der Waals surface area contributed by atoms with Crippen LogP contribution in [0.5, 0.6) is 0 Å². The first-order valence-electron chi connectivity index (χ1n) is 8.40. The molecule has 3 rings (SSSR count). The van der Waals surface area contributed by atoms with E-state index in [-0.39, 0.29) is 12.1 Å². The average Bonchev–Trinajstić information content (AvgIpc) is 3.19. The lowest BCUT2D eigenvalue weighted by Crippen LogP contribution is -2.38. The van der Waals surface area contributed by atoms with Crippen molar-refractivity contribution in [2.75, 3.05) is 13.1 Å². The Balaban J connectivity index is 1.50. The van der Waals surface area contributed by atoms with Gasteiger partial charge >= 0.3 is 6.03 Å². The highest BCUT2D eigenvalue weighted by Gasteiger charge is 2.56. The summed E-state index contributed by atoms with van der Waals surface area (Å²) in [6, 6.07) is 8.67. The first-order chi connectivity index (χ1) is 10.6. The third-order valence-electron chi connectivity index (χ3n) is 5.21. The standard InChI is InChI=1S/C18H26N2O2/c1-13(21)8-10-19-17(22)20-12-15-11-18(15)9-4-6-14-5-2-3-7-16(14)18/h2-3,5,7,13,15,21H,4,6,8-12H2,1H3,(H2,19,20,22). The lowest BCUT2D eigenvalue weighted by atomic mass is 9.78. The molecule has 2 aliphatic rings. The summed E-state index contributed by atoms with van der Waals surface area (Å²) in [6.07, 6.45) is 5.11. The smallest absolute Gasteiger partial charge is 0.314 e. The van der Waals surface area contributed by atoms with Crippen LogP contribution in [0.4, 0.5) is 4.79 Å². The molecule has 1 aromatic carbocycles. The van der Waals surface area contributed by atoms with Crippen molar-refractivity contribution in [1.29, 1.82) is 0 Å². The number of rotatable bonds is 5. The fourth-order valence-corrected chi connectivity index (χ4v) is 3.91. The molecule has 3 unspecified atom stereocenters. The zero-order valence-corrected chi connectivity index (χ0v) is 13.3. The predicted molar refractivity (Wildman–Crippen MR) is 86.9 cm³/mol. The molecule has 1 spiro atoms. The minimum atomic E-state index is -0.370. The molecule has 120 valence electrons. The van der Waals surface area contributed by atoms with E-state index < -0.39 is 0 Å². The molecule has 0 saturated heterocycles. The van der Waals surface area contributed by atoms with Gasteiger partial charge in [-0.3, -0.25) is 0 Å².